The number of nitrogens with zero attached hydrogens (tertiary/aromatic N) is 6. The van der Waals surface area contributed by atoms with Gasteiger partial charge in [0.1, 0.15) is 5.82 Å². The van der Waals surface area contributed by atoms with Gasteiger partial charge in [-0.25, -0.2) is 4.98 Å². The zero-order chi connectivity index (χ0) is 21.6. The second-order valence-corrected chi connectivity index (χ2v) is 8.25. The first-order valence-corrected chi connectivity index (χ1v) is 10.4. The highest BCUT2D eigenvalue weighted by Gasteiger charge is 2.38. The zero-order valence-corrected chi connectivity index (χ0v) is 16.8. The number of hydrogen-bond acceptors (Lipinski definition) is 7. The third-order valence-electron chi connectivity index (χ3n) is 5.22. The molecule has 0 radical (unpaired) electrons. The van der Waals surface area contributed by atoms with Crippen LogP contribution < -0.4 is 10.2 Å². The first-order chi connectivity index (χ1) is 14.9. The molecule has 0 spiro atoms. The fourth-order valence-electron chi connectivity index (χ4n) is 3.63. The van der Waals surface area contributed by atoms with E-state index in [0.717, 1.165) is 10.2 Å². The lowest BCUT2D eigenvalue weighted by Gasteiger charge is -2.31. The topological polar surface area (TPSA) is 88.3 Å². The highest BCUT2D eigenvalue weighted by molar-refractivity contribution is 7.22. The van der Waals surface area contributed by atoms with Gasteiger partial charge in [0.15, 0.2) is 10.8 Å². The van der Waals surface area contributed by atoms with E-state index < -0.39 is 12.0 Å². The Kier molecular flexibility index (Phi) is 4.73. The fraction of sp³-hybridized carbons (Fsp3) is 0.316. The summed E-state index contributed by atoms with van der Waals surface area (Å²) < 4.78 is 41.0. The quantitative estimate of drug-likeness (QED) is 0.516. The predicted octanol–water partition coefficient (Wildman–Crippen LogP) is 3.61. The third-order valence-corrected chi connectivity index (χ3v) is 6.17. The van der Waals surface area contributed by atoms with Crippen molar-refractivity contribution in [3.05, 3.63) is 42.2 Å². The summed E-state index contributed by atoms with van der Waals surface area (Å²) in [5.41, 5.74) is 0.868. The Labute approximate surface area is 177 Å². The molecular weight excluding hydrogens is 431 g/mol. The first kappa shape index (κ1) is 19.7. The molecule has 0 unspecified atom stereocenters. The molecule has 1 aromatic carbocycles. The van der Waals surface area contributed by atoms with E-state index in [2.05, 4.69) is 25.6 Å². The summed E-state index contributed by atoms with van der Waals surface area (Å²) in [5.74, 6) is -1.06. The molecule has 1 fully saturated rings. The Morgan fingerprint density at radius 1 is 1.10 bits per heavy atom. The van der Waals surface area contributed by atoms with Crippen molar-refractivity contribution < 1.29 is 18.0 Å². The zero-order valence-electron chi connectivity index (χ0n) is 16.0. The van der Waals surface area contributed by atoms with Crippen LogP contribution in [0.3, 0.4) is 0 Å². The smallest absolute Gasteiger partial charge is 0.355 e. The molecule has 0 aliphatic carbocycles. The Balaban J connectivity index is 1.26. The molecule has 12 heteroatoms. The maximum atomic E-state index is 13.1. The summed E-state index contributed by atoms with van der Waals surface area (Å²) in [6.07, 6.45) is -3.52. The standard InChI is InChI=1S/C19H16F3N7OS/c20-19(21,22)17-26-25-14-5-6-15(27-29(14)17)28-9-7-11(8-10-28)16(30)24-18-23-12-3-1-2-4-13(12)31-18/h1-6,11H,7-10H2,(H,23,24,30). The largest absolute Gasteiger partial charge is 0.453 e. The number of carbonyl (C=O) groups is 1. The van der Waals surface area contributed by atoms with Crippen LogP contribution in [0.1, 0.15) is 18.7 Å². The number of para-hydroxylation sites is 1. The van der Waals surface area contributed by atoms with Crippen LogP contribution in [0.5, 0.6) is 0 Å². The number of rotatable bonds is 3. The molecule has 1 aliphatic heterocycles. The molecule has 160 valence electrons. The molecule has 4 heterocycles. The van der Waals surface area contributed by atoms with Crippen LogP contribution >= 0.6 is 11.3 Å². The number of alkyl halides is 3. The number of anilines is 2. The molecule has 5 rings (SSSR count). The molecule has 1 N–H and O–H groups in total. The second kappa shape index (κ2) is 7.45. The van der Waals surface area contributed by atoms with E-state index in [-0.39, 0.29) is 17.5 Å². The summed E-state index contributed by atoms with van der Waals surface area (Å²) in [6, 6.07) is 10.7. The number of halogens is 3. The van der Waals surface area contributed by atoms with Crippen molar-refractivity contribution in [1.82, 2.24) is 24.8 Å². The summed E-state index contributed by atoms with van der Waals surface area (Å²) in [5, 5.41) is 14.2. The van der Waals surface area contributed by atoms with Crippen LogP contribution in [-0.2, 0) is 11.0 Å². The maximum Gasteiger partial charge on any atom is 0.453 e. The van der Waals surface area contributed by atoms with Crippen LogP contribution in [-0.4, -0.2) is 43.8 Å². The minimum Gasteiger partial charge on any atom is -0.355 e. The van der Waals surface area contributed by atoms with Gasteiger partial charge in [-0.2, -0.15) is 17.7 Å². The Morgan fingerprint density at radius 3 is 2.61 bits per heavy atom. The van der Waals surface area contributed by atoms with E-state index in [0.29, 0.717) is 41.4 Å². The third kappa shape index (κ3) is 3.78. The maximum absolute atomic E-state index is 13.1. The summed E-state index contributed by atoms with van der Waals surface area (Å²) in [4.78, 5) is 18.9. The lowest BCUT2D eigenvalue weighted by atomic mass is 9.96. The molecule has 0 atom stereocenters. The fourth-order valence-corrected chi connectivity index (χ4v) is 4.50. The number of benzene rings is 1. The van der Waals surface area contributed by atoms with Crippen LogP contribution in [0.4, 0.5) is 24.1 Å². The van der Waals surface area contributed by atoms with Crippen LogP contribution in [0.15, 0.2) is 36.4 Å². The lowest BCUT2D eigenvalue weighted by Crippen LogP contribution is -2.38. The van der Waals surface area contributed by atoms with Crippen molar-refractivity contribution >= 4 is 44.1 Å². The summed E-state index contributed by atoms with van der Waals surface area (Å²) in [6.45, 7) is 1.000. The predicted molar refractivity (Wildman–Crippen MR) is 109 cm³/mol. The molecule has 3 aromatic heterocycles. The lowest BCUT2D eigenvalue weighted by molar-refractivity contribution is -0.146. The number of hydrogen-bond donors (Lipinski definition) is 1. The molecule has 31 heavy (non-hydrogen) atoms. The number of carbonyl (C=O) groups excluding carboxylic acids is 1. The van der Waals surface area contributed by atoms with Crippen molar-refractivity contribution in [2.45, 2.75) is 19.0 Å². The molecule has 1 aliphatic rings. The van der Waals surface area contributed by atoms with Gasteiger partial charge in [0.25, 0.3) is 5.82 Å². The number of amides is 1. The first-order valence-electron chi connectivity index (χ1n) is 9.59. The Bertz CT molecular complexity index is 1230. The monoisotopic (exact) mass is 447 g/mol. The van der Waals surface area contributed by atoms with E-state index >= 15 is 0 Å². The van der Waals surface area contributed by atoms with Crippen molar-refractivity contribution in [2.75, 3.05) is 23.3 Å². The van der Waals surface area contributed by atoms with E-state index in [9.17, 15) is 18.0 Å². The number of fused-ring (bicyclic) bond motifs is 2. The van der Waals surface area contributed by atoms with Crippen molar-refractivity contribution in [3.8, 4) is 0 Å². The highest BCUT2D eigenvalue weighted by Crippen LogP contribution is 2.30. The molecule has 4 aromatic rings. The summed E-state index contributed by atoms with van der Waals surface area (Å²) >= 11 is 1.42. The van der Waals surface area contributed by atoms with Gasteiger partial charge < -0.3 is 10.2 Å². The van der Waals surface area contributed by atoms with Crippen LogP contribution in [0, 0.1) is 5.92 Å². The van der Waals surface area contributed by atoms with E-state index in [1.807, 2.05) is 29.2 Å². The van der Waals surface area contributed by atoms with Crippen molar-refractivity contribution in [2.24, 2.45) is 5.92 Å². The van der Waals surface area contributed by atoms with Crippen molar-refractivity contribution in [3.63, 3.8) is 0 Å². The van der Waals surface area contributed by atoms with Gasteiger partial charge >= 0.3 is 6.18 Å². The molecule has 0 bridgehead atoms. The number of aromatic nitrogens is 5. The highest BCUT2D eigenvalue weighted by atomic mass is 32.1. The molecular formula is C19H16F3N7OS. The number of piperidine rings is 1. The van der Waals surface area contributed by atoms with Gasteiger partial charge in [0, 0.05) is 19.0 Å². The average Bonchev–Trinajstić information content (AvgIpc) is 3.36. The minimum atomic E-state index is -4.64. The molecule has 0 saturated carbocycles. The average molecular weight is 447 g/mol. The molecule has 1 saturated heterocycles. The van der Waals surface area contributed by atoms with Crippen LogP contribution in [0.2, 0.25) is 0 Å². The molecule has 1 amide bonds. The number of thiazole rings is 1. The van der Waals surface area contributed by atoms with Crippen molar-refractivity contribution in [1.29, 1.82) is 0 Å². The Morgan fingerprint density at radius 2 is 1.87 bits per heavy atom. The van der Waals surface area contributed by atoms with Gasteiger partial charge in [-0.3, -0.25) is 4.79 Å². The van der Waals surface area contributed by atoms with Gasteiger partial charge in [0.2, 0.25) is 5.91 Å². The second-order valence-electron chi connectivity index (χ2n) is 7.22. The number of nitrogens with one attached hydrogen (secondary N) is 1. The minimum absolute atomic E-state index is 0.0289. The normalized spacial score (nSPS) is 15.6. The van der Waals surface area contributed by atoms with E-state index in [1.165, 1.54) is 17.4 Å². The van der Waals surface area contributed by atoms with E-state index in [4.69, 9.17) is 0 Å². The Hall–Kier alpha value is -3.28. The van der Waals surface area contributed by atoms with Crippen LogP contribution in [0.25, 0.3) is 15.9 Å². The molecule has 8 nitrogen and oxygen atoms in total. The van der Waals surface area contributed by atoms with Gasteiger partial charge in [-0.15, -0.1) is 15.3 Å². The SMILES string of the molecule is O=C(Nc1nc2ccccc2s1)C1CCN(c2ccc3nnc(C(F)(F)F)n3n2)CC1. The van der Waals surface area contributed by atoms with Gasteiger partial charge in [-0.1, -0.05) is 23.5 Å². The van der Waals surface area contributed by atoms with Gasteiger partial charge in [-0.05, 0) is 37.1 Å². The summed E-state index contributed by atoms with van der Waals surface area (Å²) in [7, 11) is 0. The van der Waals surface area contributed by atoms with Gasteiger partial charge in [0.05, 0.1) is 10.2 Å². The van der Waals surface area contributed by atoms with E-state index in [1.54, 1.807) is 6.07 Å².